The molecule has 3 nitrogen and oxygen atoms in total. The fraction of sp³-hybridized carbons (Fsp3) is 0.0625. The smallest absolute Gasteiger partial charge is 0.167 e. The lowest BCUT2D eigenvalue weighted by molar-refractivity contribution is 0.0993. The first kappa shape index (κ1) is 13.8. The molecule has 3 aromatic rings. The predicted molar refractivity (Wildman–Crippen MR) is 81.7 cm³/mol. The van der Waals surface area contributed by atoms with Crippen LogP contribution in [0.25, 0.3) is 11.0 Å². The summed E-state index contributed by atoms with van der Waals surface area (Å²) < 4.78 is 14.0. The van der Waals surface area contributed by atoms with Crippen LogP contribution in [0, 0.1) is 5.82 Å². The molecule has 0 aliphatic rings. The minimum absolute atomic E-state index is 0.0890. The first-order valence-electron chi connectivity index (χ1n) is 6.31. The van der Waals surface area contributed by atoms with Gasteiger partial charge in [-0.15, -0.1) is 0 Å². The van der Waals surface area contributed by atoms with Crippen molar-refractivity contribution < 1.29 is 9.18 Å². The normalized spacial score (nSPS) is 10.8. The molecule has 3 rings (SSSR count). The van der Waals surface area contributed by atoms with Gasteiger partial charge >= 0.3 is 0 Å². The van der Waals surface area contributed by atoms with Crippen molar-refractivity contribution >= 4 is 32.7 Å². The molecular weight excluding hydrogens is 335 g/mol. The van der Waals surface area contributed by atoms with Gasteiger partial charge in [-0.05, 0) is 42.0 Å². The monoisotopic (exact) mass is 344 g/mol. The molecule has 0 spiro atoms. The highest BCUT2D eigenvalue weighted by Crippen LogP contribution is 2.20. The van der Waals surface area contributed by atoms with Crippen molar-refractivity contribution in [2.75, 3.05) is 0 Å². The van der Waals surface area contributed by atoms with Crippen molar-refractivity contribution in [2.24, 2.45) is 0 Å². The summed E-state index contributed by atoms with van der Waals surface area (Å²) in [5.41, 5.74) is 2.57. The Morgan fingerprint density at radius 2 is 1.81 bits per heavy atom. The number of ketones is 1. The van der Waals surface area contributed by atoms with E-state index in [2.05, 4.69) is 25.9 Å². The van der Waals surface area contributed by atoms with Crippen LogP contribution >= 0.6 is 15.9 Å². The molecular formula is C16H10BrFN2O. The molecule has 0 bridgehead atoms. The Morgan fingerprint density at radius 1 is 1.05 bits per heavy atom. The molecule has 0 unspecified atom stereocenters. The third-order valence-electron chi connectivity index (χ3n) is 3.15. The van der Waals surface area contributed by atoms with Crippen LogP contribution < -0.4 is 0 Å². The second-order valence-electron chi connectivity index (χ2n) is 4.60. The zero-order valence-corrected chi connectivity index (χ0v) is 12.5. The van der Waals surface area contributed by atoms with Crippen LogP contribution in [0.1, 0.15) is 15.9 Å². The van der Waals surface area contributed by atoms with Crippen molar-refractivity contribution in [1.82, 2.24) is 9.97 Å². The first-order chi connectivity index (χ1) is 10.1. The lowest BCUT2D eigenvalue weighted by Crippen LogP contribution is -2.04. The topological polar surface area (TPSA) is 42.9 Å². The molecule has 0 aliphatic heterocycles. The molecule has 1 aromatic heterocycles. The number of hydrogen-bond acceptors (Lipinski definition) is 3. The molecule has 0 amide bonds. The second kappa shape index (κ2) is 5.69. The van der Waals surface area contributed by atoms with Crippen molar-refractivity contribution in [3.05, 3.63) is 70.2 Å². The Labute approximate surface area is 129 Å². The summed E-state index contributed by atoms with van der Waals surface area (Å²) in [6.45, 7) is 0. The lowest BCUT2D eigenvalue weighted by Gasteiger charge is -2.05. The Kier molecular flexibility index (Phi) is 3.75. The van der Waals surface area contributed by atoms with E-state index in [0.717, 1.165) is 9.99 Å². The summed E-state index contributed by atoms with van der Waals surface area (Å²) in [6.07, 6.45) is 3.32. The van der Waals surface area contributed by atoms with E-state index in [1.807, 2.05) is 0 Å². The molecule has 1 heterocycles. The zero-order chi connectivity index (χ0) is 14.8. The van der Waals surface area contributed by atoms with Gasteiger partial charge in [0, 0.05) is 28.9 Å². The number of rotatable bonds is 3. The van der Waals surface area contributed by atoms with Crippen LogP contribution in [0.4, 0.5) is 4.39 Å². The van der Waals surface area contributed by atoms with Gasteiger partial charge in [-0.2, -0.15) is 0 Å². The average molecular weight is 345 g/mol. The average Bonchev–Trinajstić information content (AvgIpc) is 2.50. The van der Waals surface area contributed by atoms with Gasteiger partial charge in [0.1, 0.15) is 5.82 Å². The Bertz CT molecular complexity index is 835. The number of carbonyl (C=O) groups is 1. The van der Waals surface area contributed by atoms with E-state index < -0.39 is 0 Å². The third kappa shape index (κ3) is 2.97. The summed E-state index contributed by atoms with van der Waals surface area (Å²) >= 11 is 3.33. The van der Waals surface area contributed by atoms with E-state index in [1.165, 1.54) is 12.1 Å². The van der Waals surface area contributed by atoms with Crippen LogP contribution in [0.2, 0.25) is 0 Å². The molecule has 0 N–H and O–H groups in total. The molecule has 0 fully saturated rings. The SMILES string of the molecule is O=C(Cc1cc(F)ccc1Br)c1ccc2nccnc2c1. The molecule has 104 valence electrons. The van der Waals surface area contributed by atoms with Crippen molar-refractivity contribution in [3.8, 4) is 0 Å². The fourth-order valence-corrected chi connectivity index (χ4v) is 2.48. The number of carbonyl (C=O) groups excluding carboxylic acids is 1. The van der Waals surface area contributed by atoms with E-state index >= 15 is 0 Å². The van der Waals surface area contributed by atoms with Crippen LogP contribution in [0.3, 0.4) is 0 Å². The van der Waals surface area contributed by atoms with Crippen LogP contribution in [0.15, 0.2) is 53.3 Å². The first-order valence-corrected chi connectivity index (χ1v) is 7.11. The molecule has 0 radical (unpaired) electrons. The number of benzene rings is 2. The fourth-order valence-electron chi connectivity index (χ4n) is 2.09. The maximum Gasteiger partial charge on any atom is 0.167 e. The standard InChI is InChI=1S/C16H10BrFN2O/c17-13-3-2-12(18)7-11(13)9-16(21)10-1-4-14-15(8-10)20-6-5-19-14/h1-8H,9H2. The summed E-state index contributed by atoms with van der Waals surface area (Å²) in [4.78, 5) is 20.7. The molecule has 5 heteroatoms. The molecule has 0 aliphatic carbocycles. The quantitative estimate of drug-likeness (QED) is 0.675. The summed E-state index contributed by atoms with van der Waals surface area (Å²) in [5.74, 6) is -0.445. The van der Waals surface area contributed by atoms with Crippen molar-refractivity contribution in [2.45, 2.75) is 6.42 Å². The summed E-state index contributed by atoms with van der Waals surface area (Å²) in [5, 5.41) is 0. The number of halogens is 2. The van der Waals surface area contributed by atoms with Gasteiger partial charge in [-0.3, -0.25) is 14.8 Å². The van der Waals surface area contributed by atoms with Gasteiger partial charge in [0.15, 0.2) is 5.78 Å². The highest BCUT2D eigenvalue weighted by Gasteiger charge is 2.11. The second-order valence-corrected chi connectivity index (χ2v) is 5.45. The van der Waals surface area contributed by atoms with Gasteiger partial charge in [0.2, 0.25) is 0 Å². The number of fused-ring (bicyclic) bond motifs is 1. The third-order valence-corrected chi connectivity index (χ3v) is 3.92. The van der Waals surface area contributed by atoms with Crippen molar-refractivity contribution in [3.63, 3.8) is 0 Å². The van der Waals surface area contributed by atoms with Gasteiger partial charge in [0.05, 0.1) is 11.0 Å². The zero-order valence-electron chi connectivity index (χ0n) is 10.9. The van der Waals surface area contributed by atoms with Gasteiger partial charge in [0.25, 0.3) is 0 Å². The van der Waals surface area contributed by atoms with Crippen LogP contribution in [-0.2, 0) is 6.42 Å². The maximum absolute atomic E-state index is 13.3. The van der Waals surface area contributed by atoms with Crippen LogP contribution in [0.5, 0.6) is 0 Å². The highest BCUT2D eigenvalue weighted by atomic mass is 79.9. The van der Waals surface area contributed by atoms with Gasteiger partial charge < -0.3 is 0 Å². The van der Waals surface area contributed by atoms with Crippen LogP contribution in [-0.4, -0.2) is 15.8 Å². The minimum Gasteiger partial charge on any atom is -0.294 e. The Hall–Kier alpha value is -2.14. The molecule has 0 saturated heterocycles. The van der Waals surface area contributed by atoms with E-state index in [4.69, 9.17) is 0 Å². The number of nitrogens with zero attached hydrogens (tertiary/aromatic N) is 2. The number of Topliss-reactive ketones (excluding diaryl/α,β-unsaturated/α-hetero) is 1. The largest absolute Gasteiger partial charge is 0.294 e. The maximum atomic E-state index is 13.3. The number of aromatic nitrogens is 2. The van der Waals surface area contributed by atoms with E-state index in [0.29, 0.717) is 16.6 Å². The molecule has 0 atom stereocenters. The van der Waals surface area contributed by atoms with E-state index in [-0.39, 0.29) is 18.0 Å². The Balaban J connectivity index is 1.91. The molecule has 21 heavy (non-hydrogen) atoms. The van der Waals surface area contributed by atoms with E-state index in [1.54, 1.807) is 36.7 Å². The van der Waals surface area contributed by atoms with Gasteiger partial charge in [-0.25, -0.2) is 4.39 Å². The van der Waals surface area contributed by atoms with E-state index in [9.17, 15) is 9.18 Å². The summed E-state index contributed by atoms with van der Waals surface area (Å²) in [7, 11) is 0. The lowest BCUT2D eigenvalue weighted by atomic mass is 10.0. The number of hydrogen-bond donors (Lipinski definition) is 0. The van der Waals surface area contributed by atoms with Gasteiger partial charge in [-0.1, -0.05) is 15.9 Å². The highest BCUT2D eigenvalue weighted by molar-refractivity contribution is 9.10. The molecule has 0 saturated carbocycles. The minimum atomic E-state index is -0.356. The Morgan fingerprint density at radius 3 is 2.62 bits per heavy atom. The molecule has 2 aromatic carbocycles. The summed E-state index contributed by atoms with van der Waals surface area (Å²) in [6, 6.07) is 9.50. The van der Waals surface area contributed by atoms with Crippen molar-refractivity contribution in [1.29, 1.82) is 0 Å². The predicted octanol–water partition coefficient (Wildman–Crippen LogP) is 3.96.